The zero-order valence-electron chi connectivity index (χ0n) is 23.1. The summed E-state index contributed by atoms with van der Waals surface area (Å²) < 4.78 is 51.9. The minimum Gasteiger partial charge on any atom is -0.497 e. The van der Waals surface area contributed by atoms with E-state index in [4.69, 9.17) is 10.5 Å². The van der Waals surface area contributed by atoms with E-state index in [-0.39, 0.29) is 38.4 Å². The molecule has 5 aromatic rings. The van der Waals surface area contributed by atoms with Crippen LogP contribution in [0.15, 0.2) is 82.7 Å². The van der Waals surface area contributed by atoms with Gasteiger partial charge in [-0.1, -0.05) is 24.3 Å². The van der Waals surface area contributed by atoms with Gasteiger partial charge in [0.2, 0.25) is 10.0 Å². The van der Waals surface area contributed by atoms with E-state index < -0.39 is 32.8 Å². The van der Waals surface area contributed by atoms with Crippen molar-refractivity contribution in [3.8, 4) is 28.3 Å². The number of nitrogens with zero attached hydrogens (tertiary/aromatic N) is 4. The molecule has 0 atom stereocenters. The Kier molecular flexibility index (Phi) is 7.16. The van der Waals surface area contributed by atoms with E-state index in [1.807, 2.05) is 0 Å². The molecule has 11 nitrogen and oxygen atoms in total. The molecule has 0 spiro atoms. The van der Waals surface area contributed by atoms with Crippen LogP contribution in [0.4, 0.5) is 4.39 Å². The van der Waals surface area contributed by atoms with Crippen LogP contribution in [0.2, 0.25) is 0 Å². The van der Waals surface area contributed by atoms with Crippen LogP contribution in [0.25, 0.3) is 33.5 Å². The van der Waals surface area contributed by atoms with Gasteiger partial charge in [0, 0.05) is 11.1 Å². The molecule has 3 aromatic carbocycles. The van der Waals surface area contributed by atoms with Gasteiger partial charge in [-0.2, -0.15) is 5.10 Å². The number of ether oxygens (including phenoxy) is 1. The molecule has 2 aromatic heterocycles. The summed E-state index contributed by atoms with van der Waals surface area (Å²) in [6, 6.07) is 16.8. The van der Waals surface area contributed by atoms with Crippen LogP contribution in [0.5, 0.6) is 5.75 Å². The number of amides is 1. The largest absolute Gasteiger partial charge is 0.497 e. The smallest absolute Gasteiger partial charge is 0.284 e. The number of sulfonamides is 1. The number of halogens is 1. The minimum absolute atomic E-state index is 0.0188. The second-order valence-electron chi connectivity index (χ2n) is 10.5. The third-order valence-corrected chi connectivity index (χ3v) is 8.09. The van der Waals surface area contributed by atoms with Gasteiger partial charge in [0.1, 0.15) is 23.4 Å². The standard InChI is InChI=1S/C29H27FN6O5S/c1-29(2,3)34-42(39,40)23-8-6-5-7-20(23)17-9-14-22(21(30)15-17)35-16-32-24-25(27(31)37)33-36(26(24)28(35)38)18-10-12-19(41-4)13-11-18/h5-16,34H,1-4H3,(H2,31,37). The molecule has 0 aliphatic rings. The summed E-state index contributed by atoms with van der Waals surface area (Å²) in [5.74, 6) is -1.13. The molecule has 13 heteroatoms. The van der Waals surface area contributed by atoms with Gasteiger partial charge in [-0.05, 0) is 68.8 Å². The molecule has 0 saturated heterocycles. The van der Waals surface area contributed by atoms with Crippen LogP contribution in [0.1, 0.15) is 31.3 Å². The lowest BCUT2D eigenvalue weighted by Crippen LogP contribution is -2.40. The molecule has 2 heterocycles. The first kappa shape index (κ1) is 28.6. The number of benzene rings is 3. The van der Waals surface area contributed by atoms with E-state index in [2.05, 4.69) is 14.8 Å². The van der Waals surface area contributed by atoms with Crippen LogP contribution in [0, 0.1) is 5.82 Å². The van der Waals surface area contributed by atoms with E-state index in [9.17, 15) is 18.0 Å². The summed E-state index contributed by atoms with van der Waals surface area (Å²) in [5.41, 5.74) is 4.54. The minimum atomic E-state index is -3.94. The zero-order chi connectivity index (χ0) is 30.4. The van der Waals surface area contributed by atoms with Gasteiger partial charge in [0.05, 0.1) is 23.4 Å². The molecule has 0 radical (unpaired) electrons. The molecule has 1 amide bonds. The summed E-state index contributed by atoms with van der Waals surface area (Å²) in [6.45, 7) is 5.16. The van der Waals surface area contributed by atoms with Gasteiger partial charge in [-0.3, -0.25) is 14.2 Å². The monoisotopic (exact) mass is 590 g/mol. The van der Waals surface area contributed by atoms with Crippen molar-refractivity contribution in [3.63, 3.8) is 0 Å². The number of carbonyl (C=O) groups excluding carboxylic acids is 1. The average Bonchev–Trinajstić information content (AvgIpc) is 3.33. The number of methoxy groups -OCH3 is 1. The Labute approximate surface area is 240 Å². The van der Waals surface area contributed by atoms with Crippen LogP contribution in [0.3, 0.4) is 0 Å². The molecule has 216 valence electrons. The lowest BCUT2D eigenvalue weighted by Gasteiger charge is -2.21. The first-order valence-corrected chi connectivity index (χ1v) is 14.2. The van der Waals surface area contributed by atoms with Crippen molar-refractivity contribution in [2.75, 3.05) is 7.11 Å². The van der Waals surface area contributed by atoms with Crippen molar-refractivity contribution < 1.29 is 22.3 Å². The normalized spacial score (nSPS) is 12.0. The number of aromatic nitrogens is 4. The van der Waals surface area contributed by atoms with Crippen molar-refractivity contribution in [1.29, 1.82) is 0 Å². The highest BCUT2D eigenvalue weighted by Gasteiger charge is 2.26. The maximum absolute atomic E-state index is 15.7. The summed E-state index contributed by atoms with van der Waals surface area (Å²) in [7, 11) is -2.43. The highest BCUT2D eigenvalue weighted by Crippen LogP contribution is 2.30. The van der Waals surface area contributed by atoms with Crippen molar-refractivity contribution in [2.45, 2.75) is 31.2 Å². The van der Waals surface area contributed by atoms with E-state index >= 15 is 4.39 Å². The Balaban J connectivity index is 1.64. The predicted octanol–water partition coefficient (Wildman–Crippen LogP) is 3.56. The number of rotatable bonds is 7. The average molecular weight is 591 g/mol. The lowest BCUT2D eigenvalue weighted by atomic mass is 10.0. The molecular weight excluding hydrogens is 563 g/mol. The van der Waals surface area contributed by atoms with Crippen LogP contribution >= 0.6 is 0 Å². The molecule has 42 heavy (non-hydrogen) atoms. The highest BCUT2D eigenvalue weighted by atomic mass is 32.2. The quantitative estimate of drug-likeness (QED) is 0.294. The number of hydrogen-bond donors (Lipinski definition) is 2. The molecule has 3 N–H and O–H groups in total. The van der Waals surface area contributed by atoms with Gasteiger partial charge >= 0.3 is 0 Å². The predicted molar refractivity (Wildman–Crippen MR) is 155 cm³/mol. The van der Waals surface area contributed by atoms with Crippen LogP contribution < -0.4 is 20.8 Å². The first-order chi connectivity index (χ1) is 19.8. The topological polar surface area (TPSA) is 151 Å². The Hall–Kier alpha value is -4.88. The van der Waals surface area contributed by atoms with Crippen molar-refractivity contribution >= 4 is 27.0 Å². The maximum Gasteiger partial charge on any atom is 0.284 e. The van der Waals surface area contributed by atoms with Gasteiger partial charge in [0.15, 0.2) is 11.2 Å². The van der Waals surface area contributed by atoms with E-state index in [1.54, 1.807) is 63.2 Å². The molecular formula is C29H27FN6O5S. The van der Waals surface area contributed by atoms with Crippen molar-refractivity contribution in [2.24, 2.45) is 5.73 Å². The van der Waals surface area contributed by atoms with Crippen molar-refractivity contribution in [1.82, 2.24) is 24.1 Å². The highest BCUT2D eigenvalue weighted by molar-refractivity contribution is 7.89. The molecule has 0 aliphatic carbocycles. The number of hydrogen-bond acceptors (Lipinski definition) is 7. The molecule has 5 rings (SSSR count). The van der Waals surface area contributed by atoms with Gasteiger partial charge < -0.3 is 10.5 Å². The maximum atomic E-state index is 15.7. The summed E-state index contributed by atoms with van der Waals surface area (Å²) in [5, 5.41) is 4.21. The molecule has 0 unspecified atom stereocenters. The molecule has 0 bridgehead atoms. The Morgan fingerprint density at radius 3 is 2.36 bits per heavy atom. The van der Waals surface area contributed by atoms with Crippen LogP contribution in [-0.4, -0.2) is 46.3 Å². The fourth-order valence-electron chi connectivity index (χ4n) is 4.52. The Morgan fingerprint density at radius 2 is 1.74 bits per heavy atom. The summed E-state index contributed by atoms with van der Waals surface area (Å²) in [4.78, 5) is 30.0. The summed E-state index contributed by atoms with van der Waals surface area (Å²) in [6.07, 6.45) is 1.08. The lowest BCUT2D eigenvalue weighted by molar-refractivity contribution is 0.0996. The fraction of sp³-hybridized carbons (Fsp3) is 0.172. The Bertz CT molecular complexity index is 2010. The SMILES string of the molecule is COc1ccc(-n2nc(C(N)=O)c3ncn(-c4ccc(-c5ccccc5S(=O)(=O)NC(C)(C)C)cc4F)c(=O)c32)cc1. The second kappa shape index (κ2) is 10.5. The van der Waals surface area contributed by atoms with Gasteiger partial charge in [0.25, 0.3) is 11.5 Å². The third kappa shape index (κ3) is 5.27. The molecule has 0 saturated carbocycles. The molecule has 0 fully saturated rings. The van der Waals surface area contributed by atoms with E-state index in [0.29, 0.717) is 11.4 Å². The summed E-state index contributed by atoms with van der Waals surface area (Å²) >= 11 is 0. The number of fused-ring (bicyclic) bond motifs is 1. The van der Waals surface area contributed by atoms with Gasteiger partial charge in [-0.25, -0.2) is 27.2 Å². The van der Waals surface area contributed by atoms with Gasteiger partial charge in [-0.15, -0.1) is 0 Å². The molecule has 0 aliphatic heterocycles. The first-order valence-electron chi connectivity index (χ1n) is 12.7. The van der Waals surface area contributed by atoms with Crippen LogP contribution in [-0.2, 0) is 10.0 Å². The van der Waals surface area contributed by atoms with E-state index in [1.165, 1.54) is 30.0 Å². The van der Waals surface area contributed by atoms with E-state index in [0.717, 1.165) is 17.0 Å². The van der Waals surface area contributed by atoms with Crippen molar-refractivity contribution in [3.05, 3.63) is 94.9 Å². The Morgan fingerprint density at radius 1 is 1.05 bits per heavy atom. The number of carbonyl (C=O) groups is 1. The number of primary amides is 1. The number of nitrogens with one attached hydrogen (secondary N) is 1. The fourth-order valence-corrected chi connectivity index (χ4v) is 6.17. The number of nitrogens with two attached hydrogens (primary N) is 1. The second-order valence-corrected chi connectivity index (χ2v) is 12.1. The zero-order valence-corrected chi connectivity index (χ0v) is 23.9. The third-order valence-electron chi connectivity index (χ3n) is 6.27.